The first-order chi connectivity index (χ1) is 16.7. The van der Waals surface area contributed by atoms with Crippen molar-refractivity contribution in [1.29, 1.82) is 0 Å². The number of nitrogens with zero attached hydrogens (tertiary/aromatic N) is 3. The summed E-state index contributed by atoms with van der Waals surface area (Å²) in [6, 6.07) is 9.29. The highest BCUT2D eigenvalue weighted by atomic mass is 35.5. The van der Waals surface area contributed by atoms with E-state index in [-0.39, 0.29) is 34.2 Å². The number of ketones is 1. The molecular formula is C25H28ClN3O6. The van der Waals surface area contributed by atoms with Crippen LogP contribution in [0.5, 0.6) is 5.75 Å². The summed E-state index contributed by atoms with van der Waals surface area (Å²) in [5.41, 5.74) is 0.532. The second kappa shape index (κ2) is 11.3. The van der Waals surface area contributed by atoms with Gasteiger partial charge < -0.3 is 19.6 Å². The molecule has 2 aromatic rings. The molecule has 1 aliphatic heterocycles. The summed E-state index contributed by atoms with van der Waals surface area (Å²) in [5, 5.41) is 22.5. The van der Waals surface area contributed by atoms with Crippen LogP contribution in [-0.4, -0.2) is 64.8 Å². The van der Waals surface area contributed by atoms with Gasteiger partial charge in [-0.2, -0.15) is 0 Å². The third-order valence-electron chi connectivity index (χ3n) is 6.15. The number of ether oxygens (including phenoxy) is 1. The number of carbonyl (C=O) groups is 2. The predicted octanol–water partition coefficient (Wildman–Crippen LogP) is 4.41. The molecule has 0 spiro atoms. The number of Topliss-reactive ketones (excluding diaryl/α,β-unsaturated/α-hetero) is 1. The van der Waals surface area contributed by atoms with Crippen LogP contribution in [0, 0.1) is 10.1 Å². The molecule has 2 aromatic carbocycles. The maximum Gasteiger partial charge on any atom is 0.295 e. The number of benzene rings is 2. The van der Waals surface area contributed by atoms with Gasteiger partial charge in [-0.05, 0) is 62.0 Å². The van der Waals surface area contributed by atoms with Crippen molar-refractivity contribution in [3.8, 4) is 5.75 Å². The number of nitro groups is 1. The number of hydrogen-bond donors (Lipinski definition) is 1. The molecule has 1 amide bonds. The van der Waals surface area contributed by atoms with Crippen LogP contribution >= 0.6 is 11.6 Å². The summed E-state index contributed by atoms with van der Waals surface area (Å²) in [5.74, 6) is -1.52. The number of aliphatic hydroxyl groups excluding tert-OH is 1. The van der Waals surface area contributed by atoms with E-state index in [0.29, 0.717) is 17.7 Å². The van der Waals surface area contributed by atoms with Gasteiger partial charge in [-0.25, -0.2) is 0 Å². The number of likely N-dealkylation sites (tertiary alicyclic amines) is 1. The molecule has 1 atom stereocenters. The summed E-state index contributed by atoms with van der Waals surface area (Å²) < 4.78 is 5.15. The van der Waals surface area contributed by atoms with Gasteiger partial charge in [-0.3, -0.25) is 19.7 Å². The summed E-state index contributed by atoms with van der Waals surface area (Å²) in [6.45, 7) is 6.83. The second-order valence-corrected chi connectivity index (χ2v) is 8.48. The van der Waals surface area contributed by atoms with E-state index < -0.39 is 22.7 Å². The van der Waals surface area contributed by atoms with E-state index in [0.717, 1.165) is 19.6 Å². The summed E-state index contributed by atoms with van der Waals surface area (Å²) in [6.07, 6.45) is 0.618. The van der Waals surface area contributed by atoms with Gasteiger partial charge in [-0.1, -0.05) is 25.4 Å². The molecule has 1 unspecified atom stereocenters. The molecule has 0 radical (unpaired) electrons. The zero-order valence-corrected chi connectivity index (χ0v) is 20.6. The van der Waals surface area contributed by atoms with Crippen LogP contribution in [-0.2, 0) is 9.59 Å². The van der Waals surface area contributed by atoms with Gasteiger partial charge in [0.25, 0.3) is 17.4 Å². The predicted molar refractivity (Wildman–Crippen MR) is 133 cm³/mol. The Balaban J connectivity index is 2.07. The molecule has 186 valence electrons. The van der Waals surface area contributed by atoms with Gasteiger partial charge in [0.2, 0.25) is 0 Å². The van der Waals surface area contributed by atoms with E-state index in [1.165, 1.54) is 42.3 Å². The normalized spacial score (nSPS) is 17.3. The largest absolute Gasteiger partial charge is 0.507 e. The first kappa shape index (κ1) is 26.2. The Morgan fingerprint density at radius 1 is 1.17 bits per heavy atom. The van der Waals surface area contributed by atoms with Gasteiger partial charge >= 0.3 is 0 Å². The average Bonchev–Trinajstić information content (AvgIpc) is 3.11. The van der Waals surface area contributed by atoms with Crippen molar-refractivity contribution in [1.82, 2.24) is 9.80 Å². The Morgan fingerprint density at radius 3 is 2.37 bits per heavy atom. The lowest BCUT2D eigenvalue weighted by Gasteiger charge is -2.26. The fraction of sp³-hybridized carbons (Fsp3) is 0.360. The first-order valence-electron chi connectivity index (χ1n) is 11.3. The zero-order valence-electron chi connectivity index (χ0n) is 19.9. The Hall–Kier alpha value is -3.43. The molecule has 0 aromatic heterocycles. The molecule has 1 heterocycles. The fourth-order valence-corrected chi connectivity index (χ4v) is 4.47. The molecule has 0 aliphatic carbocycles. The van der Waals surface area contributed by atoms with E-state index in [4.69, 9.17) is 16.3 Å². The monoisotopic (exact) mass is 501 g/mol. The number of non-ortho nitro benzene ring substituents is 1. The molecule has 9 nitrogen and oxygen atoms in total. The van der Waals surface area contributed by atoms with Crippen LogP contribution in [0.2, 0.25) is 5.02 Å². The SMILES string of the molecule is CCN(CC)CCCN1C(=O)C(=O)C(=C(O)c2ccc(OC)c(Cl)c2)C1c1ccc([N+](=O)[O-])cc1. The zero-order chi connectivity index (χ0) is 25.7. The minimum atomic E-state index is -0.895. The van der Waals surface area contributed by atoms with Crippen molar-refractivity contribution in [2.45, 2.75) is 26.3 Å². The lowest BCUT2D eigenvalue weighted by Crippen LogP contribution is -2.33. The Kier molecular flexibility index (Phi) is 8.48. The van der Waals surface area contributed by atoms with Gasteiger partial charge in [-0.15, -0.1) is 0 Å². The number of amides is 1. The minimum absolute atomic E-state index is 0.0899. The van der Waals surface area contributed by atoms with Crippen LogP contribution in [0.3, 0.4) is 0 Å². The molecule has 0 bridgehead atoms. The van der Waals surface area contributed by atoms with Crippen molar-refractivity contribution in [2.75, 3.05) is 33.3 Å². The van der Waals surface area contributed by atoms with E-state index in [1.807, 2.05) is 13.8 Å². The highest BCUT2D eigenvalue weighted by molar-refractivity contribution is 6.46. The average molecular weight is 502 g/mol. The number of nitro benzene ring substituents is 1. The number of methoxy groups -OCH3 is 1. The van der Waals surface area contributed by atoms with Crippen molar-refractivity contribution in [3.05, 3.63) is 74.3 Å². The van der Waals surface area contributed by atoms with Crippen molar-refractivity contribution in [2.24, 2.45) is 0 Å². The van der Waals surface area contributed by atoms with Crippen molar-refractivity contribution >= 4 is 34.7 Å². The highest BCUT2D eigenvalue weighted by Crippen LogP contribution is 2.40. The van der Waals surface area contributed by atoms with Gasteiger partial charge in [0.1, 0.15) is 11.5 Å². The molecule has 1 N–H and O–H groups in total. The van der Waals surface area contributed by atoms with Crippen LogP contribution < -0.4 is 4.74 Å². The third-order valence-corrected chi connectivity index (χ3v) is 6.45. The third kappa shape index (κ3) is 5.47. The lowest BCUT2D eigenvalue weighted by atomic mass is 9.95. The molecule has 1 fully saturated rings. The van der Waals surface area contributed by atoms with E-state index in [1.54, 1.807) is 12.1 Å². The van der Waals surface area contributed by atoms with Gasteiger partial charge in [0, 0.05) is 24.2 Å². The fourth-order valence-electron chi connectivity index (χ4n) is 4.21. The van der Waals surface area contributed by atoms with Gasteiger partial charge in [0.05, 0.1) is 28.7 Å². The summed E-state index contributed by atoms with van der Waals surface area (Å²) >= 11 is 6.21. The standard InChI is InChI=1S/C25H28ClN3O6/c1-4-27(5-2)13-6-14-28-22(16-7-10-18(11-8-16)29(33)34)21(24(31)25(28)32)23(30)17-9-12-20(35-3)19(26)15-17/h7-12,15,22,30H,4-6,13-14H2,1-3H3. The number of aliphatic hydroxyl groups is 1. The Bertz CT molecular complexity index is 1140. The summed E-state index contributed by atoms with van der Waals surface area (Å²) in [7, 11) is 1.46. The molecule has 1 aliphatic rings. The minimum Gasteiger partial charge on any atom is -0.507 e. The maximum atomic E-state index is 13.1. The second-order valence-electron chi connectivity index (χ2n) is 8.07. The topological polar surface area (TPSA) is 113 Å². The molecular weight excluding hydrogens is 474 g/mol. The van der Waals surface area contributed by atoms with Crippen LogP contribution in [0.25, 0.3) is 5.76 Å². The number of rotatable bonds is 10. The summed E-state index contributed by atoms with van der Waals surface area (Å²) in [4.78, 5) is 40.4. The molecule has 3 rings (SSSR count). The van der Waals surface area contributed by atoms with Crippen LogP contribution in [0.1, 0.15) is 37.4 Å². The Labute approximate surface area is 208 Å². The highest BCUT2D eigenvalue weighted by Gasteiger charge is 2.46. The van der Waals surface area contributed by atoms with Crippen LogP contribution in [0.15, 0.2) is 48.0 Å². The van der Waals surface area contributed by atoms with Crippen molar-refractivity contribution in [3.63, 3.8) is 0 Å². The van der Waals surface area contributed by atoms with Crippen LogP contribution in [0.4, 0.5) is 5.69 Å². The maximum absolute atomic E-state index is 13.1. The van der Waals surface area contributed by atoms with E-state index in [9.17, 15) is 24.8 Å². The molecule has 10 heteroatoms. The first-order valence-corrected chi connectivity index (χ1v) is 11.7. The molecule has 35 heavy (non-hydrogen) atoms. The molecule has 0 saturated carbocycles. The smallest absolute Gasteiger partial charge is 0.295 e. The quantitative estimate of drug-likeness (QED) is 0.169. The van der Waals surface area contributed by atoms with Crippen molar-refractivity contribution < 1.29 is 24.4 Å². The van der Waals surface area contributed by atoms with E-state index in [2.05, 4.69) is 4.90 Å². The Morgan fingerprint density at radius 2 is 1.83 bits per heavy atom. The number of hydrogen-bond acceptors (Lipinski definition) is 7. The number of carbonyl (C=O) groups excluding carboxylic acids is 2. The van der Waals surface area contributed by atoms with Gasteiger partial charge in [0.15, 0.2) is 0 Å². The van der Waals surface area contributed by atoms with E-state index >= 15 is 0 Å². The lowest BCUT2D eigenvalue weighted by molar-refractivity contribution is -0.384. The number of halogens is 1. The molecule has 1 saturated heterocycles.